The fourth-order valence-corrected chi connectivity index (χ4v) is 4.19. The number of nitrogens with zero attached hydrogens (tertiary/aromatic N) is 5. The Morgan fingerprint density at radius 3 is 2.82 bits per heavy atom. The Bertz CT molecular complexity index is 1000. The van der Waals surface area contributed by atoms with E-state index in [1.807, 2.05) is 6.92 Å². The second-order valence-corrected chi connectivity index (χ2v) is 8.43. The van der Waals surface area contributed by atoms with Gasteiger partial charge >= 0.3 is 6.09 Å². The van der Waals surface area contributed by atoms with Crippen molar-refractivity contribution in [1.82, 2.24) is 19.9 Å². The second-order valence-electron chi connectivity index (χ2n) is 7.99. The zero-order chi connectivity index (χ0) is 23.4. The number of aromatic nitrogens is 3. The van der Waals surface area contributed by atoms with E-state index >= 15 is 0 Å². The van der Waals surface area contributed by atoms with Crippen LogP contribution in [-0.4, -0.2) is 83.6 Å². The third-order valence-corrected chi connectivity index (χ3v) is 5.93. The molecule has 4 rings (SSSR count). The van der Waals surface area contributed by atoms with E-state index in [4.69, 9.17) is 31.0 Å². The van der Waals surface area contributed by atoms with Crippen LogP contribution in [0.1, 0.15) is 18.4 Å². The molecule has 0 aromatic carbocycles. The average Bonchev–Trinajstić information content (AvgIpc) is 2.82. The Morgan fingerprint density at radius 1 is 1.30 bits per heavy atom. The lowest BCUT2D eigenvalue weighted by atomic mass is 10.1. The standard InChI is InChI=1S/C21H28ClN7O4/c1-13-17(25-16-10-14(22)11-23-19(16)32-2)26-20(27-18(13)28-6-8-33-9-7-28)24-15-4-3-5-29(12-15)21(30)31/h10-11,15H,3-9,12H2,1-2H3,(H,30,31)(H2,24,25,26,27). The lowest BCUT2D eigenvalue weighted by Gasteiger charge is -2.32. The quantitative estimate of drug-likeness (QED) is 0.571. The average molecular weight is 478 g/mol. The summed E-state index contributed by atoms with van der Waals surface area (Å²) in [5.41, 5.74) is 1.45. The summed E-state index contributed by atoms with van der Waals surface area (Å²) in [6.07, 6.45) is 2.22. The fourth-order valence-electron chi connectivity index (χ4n) is 4.03. The molecule has 178 valence electrons. The number of hydrogen-bond donors (Lipinski definition) is 3. The SMILES string of the molecule is COc1ncc(Cl)cc1Nc1nc(NC2CCCN(C(=O)O)C2)nc(N2CCOCC2)c1C. The molecule has 2 aliphatic rings. The third-order valence-electron chi connectivity index (χ3n) is 5.72. The van der Waals surface area contributed by atoms with Crippen molar-refractivity contribution >= 4 is 41.0 Å². The molecule has 0 aliphatic carbocycles. The Morgan fingerprint density at radius 2 is 2.09 bits per heavy atom. The summed E-state index contributed by atoms with van der Waals surface area (Å²) in [5, 5.41) is 16.5. The van der Waals surface area contributed by atoms with Crippen LogP contribution < -0.4 is 20.3 Å². The molecule has 1 amide bonds. The normalized spacial score (nSPS) is 18.7. The van der Waals surface area contributed by atoms with Crippen LogP contribution in [0.25, 0.3) is 0 Å². The van der Waals surface area contributed by atoms with Crippen LogP contribution in [0.2, 0.25) is 5.02 Å². The number of nitrogens with one attached hydrogen (secondary N) is 2. The lowest BCUT2D eigenvalue weighted by molar-refractivity contribution is 0.122. The van der Waals surface area contributed by atoms with Crippen molar-refractivity contribution < 1.29 is 19.4 Å². The summed E-state index contributed by atoms with van der Waals surface area (Å²) in [6, 6.07) is 1.65. The molecule has 0 spiro atoms. The molecule has 3 N–H and O–H groups in total. The Balaban J connectivity index is 1.66. The van der Waals surface area contributed by atoms with E-state index in [1.54, 1.807) is 6.07 Å². The first-order chi connectivity index (χ1) is 15.9. The fraction of sp³-hybridized carbons (Fsp3) is 0.524. The van der Waals surface area contributed by atoms with Crippen LogP contribution >= 0.6 is 11.6 Å². The number of methoxy groups -OCH3 is 1. The molecule has 0 saturated carbocycles. The predicted molar refractivity (Wildman–Crippen MR) is 125 cm³/mol. The molecule has 1 atom stereocenters. The first-order valence-electron chi connectivity index (χ1n) is 10.9. The number of amides is 1. The lowest BCUT2D eigenvalue weighted by Crippen LogP contribution is -2.44. The van der Waals surface area contributed by atoms with Gasteiger partial charge in [-0.2, -0.15) is 9.97 Å². The van der Waals surface area contributed by atoms with E-state index in [2.05, 4.69) is 20.5 Å². The van der Waals surface area contributed by atoms with Crippen LogP contribution in [0.4, 0.5) is 28.1 Å². The number of halogens is 1. The monoisotopic (exact) mass is 477 g/mol. The molecule has 2 aliphatic heterocycles. The number of piperidine rings is 1. The molecular weight excluding hydrogens is 450 g/mol. The smallest absolute Gasteiger partial charge is 0.407 e. The van der Waals surface area contributed by atoms with E-state index < -0.39 is 6.09 Å². The number of likely N-dealkylation sites (tertiary alicyclic amines) is 1. The van der Waals surface area contributed by atoms with E-state index in [9.17, 15) is 9.90 Å². The molecule has 2 fully saturated rings. The zero-order valence-electron chi connectivity index (χ0n) is 18.7. The highest BCUT2D eigenvalue weighted by molar-refractivity contribution is 6.30. The summed E-state index contributed by atoms with van der Waals surface area (Å²) < 4.78 is 10.9. The number of carbonyl (C=O) groups is 1. The second kappa shape index (κ2) is 10.3. The van der Waals surface area contributed by atoms with Crippen LogP contribution in [0.15, 0.2) is 12.3 Å². The van der Waals surface area contributed by atoms with Crippen molar-refractivity contribution in [2.24, 2.45) is 0 Å². The first-order valence-corrected chi connectivity index (χ1v) is 11.2. The summed E-state index contributed by atoms with van der Waals surface area (Å²) in [4.78, 5) is 28.7. The minimum Gasteiger partial charge on any atom is -0.480 e. The van der Waals surface area contributed by atoms with Gasteiger partial charge in [-0.05, 0) is 25.8 Å². The largest absolute Gasteiger partial charge is 0.480 e. The number of carboxylic acid groups (broad SMARTS) is 1. The van der Waals surface area contributed by atoms with E-state index in [-0.39, 0.29) is 6.04 Å². The molecular formula is C21H28ClN7O4. The van der Waals surface area contributed by atoms with Crippen molar-refractivity contribution in [2.45, 2.75) is 25.8 Å². The van der Waals surface area contributed by atoms with Gasteiger partial charge in [-0.3, -0.25) is 0 Å². The van der Waals surface area contributed by atoms with E-state index in [0.717, 1.165) is 37.3 Å². The summed E-state index contributed by atoms with van der Waals surface area (Å²) in [7, 11) is 1.54. The number of rotatable bonds is 6. The Hall–Kier alpha value is -3.05. The molecule has 0 bridgehead atoms. The number of pyridine rings is 1. The van der Waals surface area contributed by atoms with Crippen molar-refractivity contribution in [3.63, 3.8) is 0 Å². The molecule has 11 nitrogen and oxygen atoms in total. The number of ether oxygens (including phenoxy) is 2. The van der Waals surface area contributed by atoms with Crippen LogP contribution in [0.3, 0.4) is 0 Å². The summed E-state index contributed by atoms with van der Waals surface area (Å²) in [5.74, 6) is 2.19. The van der Waals surface area contributed by atoms with Gasteiger partial charge in [-0.1, -0.05) is 11.6 Å². The zero-order valence-corrected chi connectivity index (χ0v) is 19.4. The summed E-state index contributed by atoms with van der Waals surface area (Å²) in [6.45, 7) is 5.55. The van der Waals surface area contributed by atoms with Crippen molar-refractivity contribution in [2.75, 3.05) is 62.0 Å². The number of morpholine rings is 1. The maximum Gasteiger partial charge on any atom is 0.407 e. The molecule has 4 heterocycles. The number of anilines is 4. The van der Waals surface area contributed by atoms with E-state index in [1.165, 1.54) is 18.2 Å². The van der Waals surface area contributed by atoms with Gasteiger partial charge in [0.25, 0.3) is 0 Å². The highest BCUT2D eigenvalue weighted by Gasteiger charge is 2.25. The minimum atomic E-state index is -0.914. The van der Waals surface area contributed by atoms with Gasteiger partial charge < -0.3 is 35.0 Å². The van der Waals surface area contributed by atoms with Crippen molar-refractivity contribution in [3.05, 3.63) is 22.8 Å². The minimum absolute atomic E-state index is 0.0784. The molecule has 0 radical (unpaired) electrons. The Kier molecular flexibility index (Phi) is 7.19. The van der Waals surface area contributed by atoms with Gasteiger partial charge in [-0.15, -0.1) is 0 Å². The van der Waals surface area contributed by atoms with Crippen LogP contribution in [0, 0.1) is 6.92 Å². The highest BCUT2D eigenvalue weighted by Crippen LogP contribution is 2.32. The van der Waals surface area contributed by atoms with E-state index in [0.29, 0.717) is 54.7 Å². The van der Waals surface area contributed by atoms with Crippen molar-refractivity contribution in [1.29, 1.82) is 0 Å². The van der Waals surface area contributed by atoms with Crippen LogP contribution in [-0.2, 0) is 4.74 Å². The predicted octanol–water partition coefficient (Wildman–Crippen LogP) is 2.98. The molecule has 2 aromatic rings. The van der Waals surface area contributed by atoms with Gasteiger partial charge in [0.15, 0.2) is 0 Å². The van der Waals surface area contributed by atoms with Gasteiger partial charge in [0, 0.05) is 44.0 Å². The maximum atomic E-state index is 11.4. The van der Waals surface area contributed by atoms with Crippen LogP contribution in [0.5, 0.6) is 5.88 Å². The topological polar surface area (TPSA) is 125 Å². The molecule has 2 saturated heterocycles. The molecule has 33 heavy (non-hydrogen) atoms. The molecule has 12 heteroatoms. The maximum absolute atomic E-state index is 11.4. The van der Waals surface area contributed by atoms with Gasteiger partial charge in [0.05, 0.1) is 25.3 Å². The first kappa shape index (κ1) is 23.1. The highest BCUT2D eigenvalue weighted by atomic mass is 35.5. The molecule has 1 unspecified atom stereocenters. The van der Waals surface area contributed by atoms with Gasteiger partial charge in [0.1, 0.15) is 17.3 Å². The number of hydrogen-bond acceptors (Lipinski definition) is 9. The van der Waals surface area contributed by atoms with Gasteiger partial charge in [0.2, 0.25) is 11.8 Å². The van der Waals surface area contributed by atoms with Gasteiger partial charge in [-0.25, -0.2) is 9.78 Å². The molecule has 2 aromatic heterocycles. The third kappa shape index (κ3) is 5.48. The Labute approximate surface area is 197 Å². The summed E-state index contributed by atoms with van der Waals surface area (Å²) >= 11 is 6.15. The van der Waals surface area contributed by atoms with Crippen molar-refractivity contribution in [3.8, 4) is 5.88 Å².